The first-order valence-electron chi connectivity index (χ1n) is 25.0. The van der Waals surface area contributed by atoms with Crippen molar-refractivity contribution in [2.75, 3.05) is 4.31 Å². The summed E-state index contributed by atoms with van der Waals surface area (Å²) in [4.78, 5) is 33.9. The van der Waals surface area contributed by atoms with Crippen molar-refractivity contribution >= 4 is 34.2 Å². The molecule has 0 heterocycles. The molecule has 0 aliphatic carbocycles. The summed E-state index contributed by atoms with van der Waals surface area (Å²) in [5, 5.41) is 57.6. The molecule has 1 aromatic rings. The van der Waals surface area contributed by atoms with Gasteiger partial charge in [-0.3, -0.25) is 24.0 Å². The number of carboxylic acid groups (broad SMARTS) is 2. The highest BCUT2D eigenvalue weighted by molar-refractivity contribution is 7.74. The highest BCUT2D eigenvalue weighted by Crippen LogP contribution is 2.51. The number of allylic oxidation sites excluding steroid dienone is 2. The number of benzene rings is 1. The first-order chi connectivity index (χ1) is 30.6. The van der Waals surface area contributed by atoms with Crippen molar-refractivity contribution in [3.05, 3.63) is 58.2 Å². The number of hydrogen-bond acceptors (Lipinski definition) is 8. The fourth-order valence-electron chi connectivity index (χ4n) is 9.05. The van der Waals surface area contributed by atoms with Crippen LogP contribution in [0.2, 0.25) is 0 Å². The van der Waals surface area contributed by atoms with E-state index in [1.165, 1.54) is 12.1 Å². The van der Waals surface area contributed by atoms with E-state index in [1.54, 1.807) is 19.9 Å². The summed E-state index contributed by atoms with van der Waals surface area (Å²) in [5.74, 6) is -1.57. The monoisotopic (exact) mass is 921 g/mol. The fraction of sp³-hybridized carbons (Fsp3) is 0.765. The van der Waals surface area contributed by atoms with Gasteiger partial charge in [0.1, 0.15) is 11.2 Å². The molecule has 0 fully saturated rings. The van der Waals surface area contributed by atoms with E-state index in [-0.39, 0.29) is 44.2 Å². The minimum absolute atomic E-state index is 0.0167. The predicted octanol–water partition coefficient (Wildman–Crippen LogP) is 13.3. The number of carboxylic acids is 2. The van der Waals surface area contributed by atoms with Crippen molar-refractivity contribution in [1.82, 2.24) is 0 Å². The Hall–Kier alpha value is -3.29. The fourth-order valence-corrected chi connectivity index (χ4v) is 10.1. The molecule has 0 aromatic heterocycles. The number of thiol groups is 1. The number of anilines is 1. The molecule has 1 aromatic carbocycles. The van der Waals surface area contributed by atoms with Crippen LogP contribution >= 0.6 is 0 Å². The molecule has 0 spiro atoms. The summed E-state index contributed by atoms with van der Waals surface area (Å²) in [6.07, 6.45) is 31.6. The summed E-state index contributed by atoms with van der Waals surface area (Å²) < 4.78 is 29.0. The molecule has 0 amide bonds. The van der Waals surface area contributed by atoms with E-state index in [2.05, 4.69) is 13.8 Å². The van der Waals surface area contributed by atoms with Crippen LogP contribution in [-0.4, -0.2) is 62.4 Å². The molecule has 368 valence electrons. The Bertz CT molecular complexity index is 1530. The van der Waals surface area contributed by atoms with E-state index < -0.39 is 50.2 Å². The van der Waals surface area contributed by atoms with Gasteiger partial charge in [-0.05, 0) is 89.7 Å². The summed E-state index contributed by atoms with van der Waals surface area (Å²) in [6, 6.07) is 4.40. The Morgan fingerprint density at radius 3 is 1.39 bits per heavy atom. The average molecular weight is 921 g/mol. The van der Waals surface area contributed by atoms with Crippen LogP contribution in [0.4, 0.5) is 11.4 Å². The second-order valence-electron chi connectivity index (χ2n) is 18.4. The van der Waals surface area contributed by atoms with Crippen LogP contribution in [-0.2, 0) is 20.5 Å². The summed E-state index contributed by atoms with van der Waals surface area (Å²) in [5.41, 5.74) is -5.73. The number of aryl methyl sites for hydroxylation is 1. The minimum Gasteiger partial charge on any atom is -0.481 e. The normalized spacial score (nSPS) is 13.3. The zero-order valence-corrected chi connectivity index (χ0v) is 41.1. The maximum atomic E-state index is 14.0. The predicted molar refractivity (Wildman–Crippen MR) is 262 cm³/mol. The first kappa shape index (κ1) is 58.7. The molecule has 0 saturated carbocycles. The van der Waals surface area contributed by atoms with Crippen LogP contribution in [0.3, 0.4) is 0 Å². The van der Waals surface area contributed by atoms with Gasteiger partial charge >= 0.3 is 11.9 Å². The number of carbonyl (C=O) groups is 2. The molecule has 0 bridgehead atoms. The molecule has 1 atom stereocenters. The second kappa shape index (κ2) is 34.1. The molecular weight excluding hydrogens is 833 g/mol. The lowest BCUT2D eigenvalue weighted by Gasteiger charge is -2.57. The van der Waals surface area contributed by atoms with Crippen molar-refractivity contribution in [3.8, 4) is 0 Å². The van der Waals surface area contributed by atoms with Crippen molar-refractivity contribution in [2.45, 2.75) is 250 Å². The Morgan fingerprint density at radius 2 is 1.02 bits per heavy atom. The molecule has 0 aliphatic heterocycles. The zero-order valence-electron chi connectivity index (χ0n) is 40.2. The van der Waals surface area contributed by atoms with Crippen LogP contribution < -0.4 is 4.31 Å². The highest BCUT2D eigenvalue weighted by atomic mass is 32.2. The zero-order chi connectivity index (χ0) is 47.7. The van der Waals surface area contributed by atoms with Gasteiger partial charge in [-0.15, -0.1) is 0 Å². The number of rotatable bonds is 42. The maximum Gasteiger partial charge on any atom is 0.303 e. The number of unbranched alkanes of at least 4 members (excludes halogenated alkanes) is 22. The quantitative estimate of drug-likeness (QED) is 0.0138. The van der Waals surface area contributed by atoms with E-state index in [4.69, 9.17) is 10.2 Å². The van der Waals surface area contributed by atoms with Crippen LogP contribution in [0.1, 0.15) is 232 Å². The summed E-state index contributed by atoms with van der Waals surface area (Å²) in [7, 11) is -3.65. The number of aliphatic hydroxyl groups is 2. The highest BCUT2D eigenvalue weighted by Gasteiger charge is 2.63. The SMILES string of the molecule is CCCCCC/C=C\CC(O)(C/C=C\CCCCCC)C(C)(N(c1ccc(C)cc1[N+](=O)[O-])[SH](=O)=O)C(O)(CCCCCCCCCCC(=O)O)CCCCCCCCCCC(=O)O. The molecule has 0 radical (unpaired) electrons. The standard InChI is InChI=1S/C51H88N2O10S/c1-5-7-9-11-19-25-31-39-50(58,40-32-26-20-12-10-8-6-2)49(4,52(64(62)63)45-38-37-44(3)43-46(45)53(60)61)51(59,41-33-27-21-15-13-17-23-29-35-47(54)55)42-34-28-22-16-14-18-24-30-36-48(56)57/h25-26,31-32,37-38,43,58-59,64H,5-24,27-30,33-36,39-42H2,1-4H3,(H,54,55)(H,56,57)/b31-25-,32-26-. The van der Waals surface area contributed by atoms with Gasteiger partial charge in [0.05, 0.1) is 16.1 Å². The van der Waals surface area contributed by atoms with Crippen molar-refractivity contribution in [1.29, 1.82) is 0 Å². The lowest BCUT2D eigenvalue weighted by atomic mass is 9.62. The Morgan fingerprint density at radius 1 is 0.625 bits per heavy atom. The lowest BCUT2D eigenvalue weighted by molar-refractivity contribution is -0.384. The summed E-state index contributed by atoms with van der Waals surface area (Å²) in [6.45, 7) is 7.62. The maximum absolute atomic E-state index is 14.0. The van der Waals surface area contributed by atoms with Crippen LogP contribution in [0.25, 0.3) is 0 Å². The number of nitrogens with zero attached hydrogens (tertiary/aromatic N) is 2. The average Bonchev–Trinajstić information content (AvgIpc) is 3.24. The van der Waals surface area contributed by atoms with Crippen LogP contribution in [0, 0.1) is 17.0 Å². The van der Waals surface area contributed by atoms with E-state index in [0.717, 1.165) is 146 Å². The van der Waals surface area contributed by atoms with Gasteiger partial charge in [0.25, 0.3) is 5.69 Å². The van der Waals surface area contributed by atoms with Gasteiger partial charge in [0, 0.05) is 18.9 Å². The van der Waals surface area contributed by atoms with Gasteiger partial charge in [-0.1, -0.05) is 173 Å². The Kier molecular flexibility index (Phi) is 31.3. The topological polar surface area (TPSA) is 196 Å². The molecule has 64 heavy (non-hydrogen) atoms. The van der Waals surface area contributed by atoms with Crippen LogP contribution in [0.15, 0.2) is 42.5 Å². The second-order valence-corrected chi connectivity index (χ2v) is 19.3. The van der Waals surface area contributed by atoms with Crippen molar-refractivity contribution < 1.29 is 43.4 Å². The minimum atomic E-state index is -3.65. The Balaban J connectivity index is 3.82. The van der Waals surface area contributed by atoms with Crippen LogP contribution in [0.5, 0.6) is 0 Å². The molecule has 4 N–H and O–H groups in total. The third-order valence-corrected chi connectivity index (χ3v) is 14.1. The van der Waals surface area contributed by atoms with E-state index in [1.807, 2.05) is 24.3 Å². The third kappa shape index (κ3) is 22.3. The van der Waals surface area contributed by atoms with Gasteiger partial charge < -0.3 is 20.4 Å². The van der Waals surface area contributed by atoms with Crippen molar-refractivity contribution in [3.63, 3.8) is 0 Å². The van der Waals surface area contributed by atoms with Gasteiger partial charge in [0.2, 0.25) is 10.9 Å². The molecule has 12 nitrogen and oxygen atoms in total. The first-order valence-corrected chi connectivity index (χ1v) is 26.1. The van der Waals surface area contributed by atoms with Crippen molar-refractivity contribution in [2.24, 2.45) is 0 Å². The molecule has 1 rings (SSSR count). The molecule has 13 heteroatoms. The van der Waals surface area contributed by atoms with Gasteiger partial charge in [-0.2, -0.15) is 0 Å². The van der Waals surface area contributed by atoms with Gasteiger partial charge in [-0.25, -0.2) is 8.42 Å². The number of aliphatic carboxylic acids is 2. The largest absolute Gasteiger partial charge is 0.481 e. The summed E-state index contributed by atoms with van der Waals surface area (Å²) >= 11 is 0. The third-order valence-electron chi connectivity index (χ3n) is 13.1. The number of nitro groups is 1. The van der Waals surface area contributed by atoms with E-state index in [0.29, 0.717) is 31.2 Å². The smallest absolute Gasteiger partial charge is 0.303 e. The van der Waals surface area contributed by atoms with Gasteiger partial charge in [0.15, 0.2) is 0 Å². The number of hydrogen-bond donors (Lipinski definition) is 5. The molecule has 1 unspecified atom stereocenters. The number of nitro benzene ring substituents is 1. The van der Waals surface area contributed by atoms with E-state index >= 15 is 0 Å². The molecule has 0 saturated heterocycles. The molecular formula is C51H88N2O10S. The lowest BCUT2D eigenvalue weighted by Crippen LogP contribution is -2.74. The Labute approximate surface area is 388 Å². The van der Waals surface area contributed by atoms with E-state index in [9.17, 15) is 38.3 Å². The molecule has 0 aliphatic rings.